The first-order valence-electron chi connectivity index (χ1n) is 13.7. The van der Waals surface area contributed by atoms with Gasteiger partial charge in [-0.3, -0.25) is 9.59 Å². The second kappa shape index (κ2) is 16.1. The molecule has 4 rings (SSSR count). The average Bonchev–Trinajstić information content (AvgIpc) is 3.66. The van der Waals surface area contributed by atoms with Crippen LogP contribution < -0.4 is 0 Å². The van der Waals surface area contributed by atoms with Gasteiger partial charge in [0.05, 0.1) is 0 Å². The van der Waals surface area contributed by atoms with Crippen molar-refractivity contribution in [3.63, 3.8) is 0 Å². The van der Waals surface area contributed by atoms with E-state index in [1.54, 1.807) is 49.1 Å². The zero-order valence-electron chi connectivity index (χ0n) is 24.5. The molecule has 9 heteroatoms. The van der Waals surface area contributed by atoms with Crippen LogP contribution in [0.15, 0.2) is 127 Å². The van der Waals surface area contributed by atoms with E-state index >= 15 is 0 Å². The van der Waals surface area contributed by atoms with Crippen molar-refractivity contribution in [1.82, 2.24) is 0 Å². The molecular weight excluding hydrogens is 713 g/mol. The lowest BCUT2D eigenvalue weighted by atomic mass is 10.2. The number of thioether (sulfide) groups is 6. The summed E-state index contributed by atoms with van der Waals surface area (Å²) in [7, 11) is 0. The number of rotatable bonds is 15. The Kier molecular flexibility index (Phi) is 13.0. The zero-order chi connectivity index (χ0) is 31.0. The molecule has 3 unspecified atom stereocenters. The van der Waals surface area contributed by atoms with Crippen LogP contribution in [0.4, 0.5) is 0 Å². The van der Waals surface area contributed by atoms with Crippen LogP contribution >= 0.6 is 86.5 Å². The quantitative estimate of drug-likeness (QED) is 0.112. The Balaban J connectivity index is 1.44. The minimum absolute atomic E-state index is 0.0447. The molecule has 0 aromatic heterocycles. The number of benzene rings is 3. The van der Waals surface area contributed by atoms with Gasteiger partial charge in [-0.2, -0.15) is 0 Å². The first-order chi connectivity index (χ1) is 20.5. The van der Waals surface area contributed by atoms with Crippen LogP contribution in [0.25, 0.3) is 0 Å². The van der Waals surface area contributed by atoms with Gasteiger partial charge in [0, 0.05) is 56.1 Å². The summed E-state index contributed by atoms with van der Waals surface area (Å²) in [6.07, 6.45) is 0.987. The maximum absolute atomic E-state index is 12.8. The van der Waals surface area contributed by atoms with Gasteiger partial charge in [-0.15, -0.1) is 47.0 Å². The van der Waals surface area contributed by atoms with E-state index in [4.69, 9.17) is 0 Å². The summed E-state index contributed by atoms with van der Waals surface area (Å²) < 4.78 is 0.646. The van der Waals surface area contributed by atoms with Crippen molar-refractivity contribution in [2.45, 2.75) is 61.5 Å². The lowest BCUT2D eigenvalue weighted by molar-refractivity contribution is -0.108. The molecule has 1 aliphatic carbocycles. The number of carbonyl (C=O) groups is 2. The van der Waals surface area contributed by atoms with E-state index in [1.165, 1.54) is 33.3 Å². The molecule has 2 nitrogen and oxygen atoms in total. The third-order valence-corrected chi connectivity index (χ3v) is 16.5. The lowest BCUT2D eigenvalue weighted by Crippen LogP contribution is -2.29. The summed E-state index contributed by atoms with van der Waals surface area (Å²) in [5, 5.41) is 0.496. The molecule has 43 heavy (non-hydrogen) atoms. The van der Waals surface area contributed by atoms with Gasteiger partial charge in [0.15, 0.2) is 0 Å². The molecule has 1 aliphatic rings. The monoisotopic (exact) mass is 746 g/mol. The topological polar surface area (TPSA) is 34.1 Å². The smallest absolute Gasteiger partial charge is 0.215 e. The first kappa shape index (κ1) is 34.9. The fourth-order valence-electron chi connectivity index (χ4n) is 3.91. The molecule has 226 valence electrons. The third-order valence-electron chi connectivity index (χ3n) is 6.52. The molecule has 3 aromatic carbocycles. The summed E-state index contributed by atoms with van der Waals surface area (Å²) in [5.74, 6) is 2.43. The SMILES string of the molecule is C=C(C)C(=O)SC(C)(CSc1ccccc1)CSc1ccc(Br)c(SCC2(SC(=O)C(=C)C)CC2Sc2ccccc2)c1. The van der Waals surface area contributed by atoms with E-state index in [1.807, 2.05) is 36.0 Å². The highest BCUT2D eigenvalue weighted by molar-refractivity contribution is 9.10. The fraction of sp³-hybridized carbons (Fsp3) is 0.294. The minimum atomic E-state index is -0.277. The van der Waals surface area contributed by atoms with Crippen molar-refractivity contribution in [1.29, 1.82) is 0 Å². The maximum atomic E-state index is 12.8. The second-order valence-corrected chi connectivity index (χ2v) is 18.9. The molecule has 0 N–H and O–H groups in total. The number of carbonyl (C=O) groups excluding carboxylic acids is 2. The van der Waals surface area contributed by atoms with E-state index in [-0.39, 0.29) is 19.7 Å². The molecule has 0 saturated heterocycles. The number of hydrogen-bond donors (Lipinski definition) is 0. The van der Waals surface area contributed by atoms with Crippen LogP contribution in [0.2, 0.25) is 0 Å². The molecule has 1 fully saturated rings. The van der Waals surface area contributed by atoms with E-state index in [0.29, 0.717) is 16.4 Å². The van der Waals surface area contributed by atoms with Gasteiger partial charge in [-0.1, -0.05) is 73.1 Å². The highest BCUT2D eigenvalue weighted by atomic mass is 79.9. The zero-order valence-corrected chi connectivity index (χ0v) is 31.0. The summed E-state index contributed by atoms with van der Waals surface area (Å²) in [4.78, 5) is 30.3. The van der Waals surface area contributed by atoms with Crippen molar-refractivity contribution in [2.24, 2.45) is 0 Å². The Bertz CT molecular complexity index is 1460. The van der Waals surface area contributed by atoms with E-state index in [2.05, 4.69) is 90.6 Å². The van der Waals surface area contributed by atoms with Crippen LogP contribution in [0.5, 0.6) is 0 Å². The normalized spacial score (nSPS) is 18.9. The van der Waals surface area contributed by atoms with Crippen LogP contribution in [-0.4, -0.2) is 42.2 Å². The Hall–Kier alpha value is -0.940. The van der Waals surface area contributed by atoms with Crippen molar-refractivity contribution >= 4 is 96.7 Å². The molecule has 0 heterocycles. The van der Waals surface area contributed by atoms with E-state index in [0.717, 1.165) is 37.9 Å². The molecule has 1 saturated carbocycles. The summed E-state index contributed by atoms with van der Waals surface area (Å²) in [6, 6.07) is 27.2. The van der Waals surface area contributed by atoms with Crippen LogP contribution in [0.1, 0.15) is 27.2 Å². The number of hydrogen-bond acceptors (Lipinski definition) is 8. The fourth-order valence-corrected chi connectivity index (χ4v) is 12.3. The Morgan fingerprint density at radius 2 is 1.42 bits per heavy atom. The van der Waals surface area contributed by atoms with Crippen molar-refractivity contribution in [2.75, 3.05) is 17.3 Å². The van der Waals surface area contributed by atoms with Crippen LogP contribution in [0.3, 0.4) is 0 Å². The summed E-state index contributed by atoms with van der Waals surface area (Å²) in [6.45, 7) is 13.5. The molecule has 0 aliphatic heterocycles. The Morgan fingerprint density at radius 3 is 2.02 bits per heavy atom. The van der Waals surface area contributed by atoms with Gasteiger partial charge < -0.3 is 0 Å². The molecule has 0 spiro atoms. The van der Waals surface area contributed by atoms with Gasteiger partial charge in [0.2, 0.25) is 10.2 Å². The highest BCUT2D eigenvalue weighted by Crippen LogP contribution is 2.60. The van der Waals surface area contributed by atoms with Crippen molar-refractivity contribution in [3.05, 3.63) is 108 Å². The Morgan fingerprint density at radius 1 is 0.837 bits per heavy atom. The summed E-state index contributed by atoms with van der Waals surface area (Å²) in [5.41, 5.74) is 1.18. The Labute approximate surface area is 290 Å². The first-order valence-corrected chi connectivity index (χ1v) is 20.0. The molecule has 0 bridgehead atoms. The van der Waals surface area contributed by atoms with Gasteiger partial charge >= 0.3 is 0 Å². The minimum Gasteiger partial charge on any atom is -0.282 e. The summed E-state index contributed by atoms with van der Waals surface area (Å²) >= 11 is 13.8. The molecule has 0 radical (unpaired) electrons. The average molecular weight is 748 g/mol. The predicted molar refractivity (Wildman–Crippen MR) is 199 cm³/mol. The second-order valence-electron chi connectivity index (χ2n) is 10.7. The van der Waals surface area contributed by atoms with Crippen molar-refractivity contribution in [3.8, 4) is 0 Å². The highest BCUT2D eigenvalue weighted by Gasteiger charge is 2.56. The van der Waals surface area contributed by atoms with Crippen LogP contribution in [-0.2, 0) is 9.59 Å². The largest absolute Gasteiger partial charge is 0.282 e. The van der Waals surface area contributed by atoms with E-state index in [9.17, 15) is 9.59 Å². The lowest BCUT2D eigenvalue weighted by Gasteiger charge is -2.28. The van der Waals surface area contributed by atoms with Gasteiger partial charge in [-0.25, -0.2) is 0 Å². The van der Waals surface area contributed by atoms with Gasteiger partial charge in [0.1, 0.15) is 0 Å². The van der Waals surface area contributed by atoms with E-state index < -0.39 is 0 Å². The predicted octanol–water partition coefficient (Wildman–Crippen LogP) is 11.2. The standard InChI is InChI=1S/C34H35BrO2S6/c1-23(2)31(36)42-33(5,20-38-25-12-8-6-9-13-25)21-39-27-16-17-28(35)29(18-27)40-22-34(43-32(37)24(3)4)19-30(34)41-26-14-10-7-11-15-26/h6-18,30H,1,3,19-22H2,2,4-5H3. The van der Waals surface area contributed by atoms with Gasteiger partial charge in [-0.05, 0) is 96.7 Å². The third kappa shape index (κ3) is 10.5. The molecular formula is C34H35BrO2S6. The number of halogens is 1. The molecule has 3 atom stereocenters. The molecule has 0 amide bonds. The van der Waals surface area contributed by atoms with Gasteiger partial charge in [0.25, 0.3) is 0 Å². The van der Waals surface area contributed by atoms with Crippen molar-refractivity contribution < 1.29 is 9.59 Å². The molecule has 3 aromatic rings. The maximum Gasteiger partial charge on any atom is 0.215 e. The van der Waals surface area contributed by atoms with Crippen LogP contribution in [0, 0.1) is 0 Å².